The summed E-state index contributed by atoms with van der Waals surface area (Å²) in [4.78, 5) is 4.22. The molecule has 0 saturated carbocycles. The minimum absolute atomic E-state index is 0.838. The zero-order chi connectivity index (χ0) is 9.10. The second kappa shape index (κ2) is 3.58. The van der Waals surface area contributed by atoms with Crippen molar-refractivity contribution in [2.24, 2.45) is 0 Å². The Morgan fingerprint density at radius 1 is 1.31 bits per heavy atom. The van der Waals surface area contributed by atoms with E-state index in [0.29, 0.717) is 0 Å². The molecular weight excluding hydrogens is 180 g/mol. The van der Waals surface area contributed by atoms with Crippen molar-refractivity contribution >= 4 is 17.0 Å². The van der Waals surface area contributed by atoms with Gasteiger partial charge < -0.3 is 5.73 Å². The average Bonchev–Trinajstić information content (AvgIpc) is 2.61. The lowest BCUT2D eigenvalue weighted by Crippen LogP contribution is -1.94. The van der Waals surface area contributed by atoms with E-state index in [1.54, 1.807) is 11.3 Å². The van der Waals surface area contributed by atoms with Crippen molar-refractivity contribution in [2.45, 2.75) is 6.42 Å². The first kappa shape index (κ1) is 8.26. The lowest BCUT2D eigenvalue weighted by Gasteiger charge is -2.01. The second-order valence-corrected chi connectivity index (χ2v) is 3.78. The number of anilines is 1. The van der Waals surface area contributed by atoms with Crippen LogP contribution in [-0.2, 0) is 6.42 Å². The van der Waals surface area contributed by atoms with Gasteiger partial charge in [-0.05, 0) is 11.6 Å². The number of hydrogen-bond acceptors (Lipinski definition) is 3. The lowest BCUT2D eigenvalue weighted by molar-refractivity contribution is 1.14. The van der Waals surface area contributed by atoms with E-state index >= 15 is 0 Å². The molecule has 0 saturated heterocycles. The predicted octanol–water partition coefficient (Wildman–Crippen LogP) is 2.32. The Labute approximate surface area is 81.1 Å². The van der Waals surface area contributed by atoms with Crippen LogP contribution in [0, 0.1) is 0 Å². The van der Waals surface area contributed by atoms with Crippen LogP contribution in [0.1, 0.15) is 10.6 Å². The minimum Gasteiger partial charge on any atom is -0.398 e. The minimum atomic E-state index is 0.838. The van der Waals surface area contributed by atoms with Gasteiger partial charge >= 0.3 is 0 Å². The van der Waals surface area contributed by atoms with Crippen molar-refractivity contribution < 1.29 is 0 Å². The highest BCUT2D eigenvalue weighted by atomic mass is 32.1. The molecule has 0 fully saturated rings. The topological polar surface area (TPSA) is 38.9 Å². The summed E-state index contributed by atoms with van der Waals surface area (Å²) in [5.41, 5.74) is 7.81. The first-order valence-corrected chi connectivity index (χ1v) is 4.96. The molecule has 2 N–H and O–H groups in total. The summed E-state index contributed by atoms with van der Waals surface area (Å²) < 4.78 is 0. The number of hydrogen-bond donors (Lipinski definition) is 1. The highest BCUT2D eigenvalue weighted by Crippen LogP contribution is 2.16. The molecule has 0 radical (unpaired) electrons. The molecule has 1 aromatic heterocycles. The summed E-state index contributed by atoms with van der Waals surface area (Å²) >= 11 is 1.66. The molecule has 1 aromatic carbocycles. The smallest absolute Gasteiger partial charge is 0.0969 e. The molecular formula is C10H10N2S. The molecule has 0 bridgehead atoms. The van der Waals surface area contributed by atoms with Gasteiger partial charge in [0.05, 0.1) is 5.01 Å². The van der Waals surface area contributed by atoms with Crippen LogP contribution in [0.2, 0.25) is 0 Å². The van der Waals surface area contributed by atoms with Crippen molar-refractivity contribution in [1.82, 2.24) is 4.98 Å². The fraction of sp³-hybridized carbons (Fsp3) is 0.100. The Morgan fingerprint density at radius 2 is 2.15 bits per heavy atom. The van der Waals surface area contributed by atoms with Gasteiger partial charge in [-0.25, -0.2) is 4.98 Å². The standard InChI is InChI=1S/C10H10N2S/c11-9-4-2-1-3-8(9)7-10-12-5-6-13-10/h1-6H,7,11H2. The van der Waals surface area contributed by atoms with Gasteiger partial charge in [0.15, 0.2) is 0 Å². The maximum Gasteiger partial charge on any atom is 0.0969 e. The third-order valence-electron chi connectivity index (χ3n) is 1.88. The van der Waals surface area contributed by atoms with Crippen LogP contribution in [0.15, 0.2) is 35.8 Å². The molecule has 66 valence electrons. The van der Waals surface area contributed by atoms with Crippen LogP contribution < -0.4 is 5.73 Å². The van der Waals surface area contributed by atoms with E-state index in [0.717, 1.165) is 22.7 Å². The van der Waals surface area contributed by atoms with E-state index < -0.39 is 0 Å². The van der Waals surface area contributed by atoms with Gasteiger partial charge in [0, 0.05) is 23.7 Å². The maximum atomic E-state index is 5.81. The quantitative estimate of drug-likeness (QED) is 0.738. The van der Waals surface area contributed by atoms with Crippen LogP contribution >= 0.6 is 11.3 Å². The summed E-state index contributed by atoms with van der Waals surface area (Å²) in [6, 6.07) is 7.90. The number of aromatic nitrogens is 1. The van der Waals surface area contributed by atoms with E-state index in [4.69, 9.17) is 5.73 Å². The fourth-order valence-electron chi connectivity index (χ4n) is 1.20. The van der Waals surface area contributed by atoms with Gasteiger partial charge in [0.25, 0.3) is 0 Å². The van der Waals surface area contributed by atoms with Gasteiger partial charge in [0.1, 0.15) is 0 Å². The van der Waals surface area contributed by atoms with Crippen molar-refractivity contribution in [1.29, 1.82) is 0 Å². The molecule has 2 rings (SSSR count). The Balaban J connectivity index is 2.24. The van der Waals surface area contributed by atoms with Crippen molar-refractivity contribution in [3.8, 4) is 0 Å². The number of nitrogen functional groups attached to an aromatic ring is 1. The molecule has 0 aliphatic heterocycles. The van der Waals surface area contributed by atoms with E-state index in [-0.39, 0.29) is 0 Å². The first-order chi connectivity index (χ1) is 6.36. The van der Waals surface area contributed by atoms with Crippen LogP contribution in [0.25, 0.3) is 0 Å². The third-order valence-corrected chi connectivity index (χ3v) is 2.66. The SMILES string of the molecule is Nc1ccccc1Cc1nccs1. The first-order valence-electron chi connectivity index (χ1n) is 4.08. The molecule has 0 aliphatic carbocycles. The zero-order valence-electron chi connectivity index (χ0n) is 7.10. The van der Waals surface area contributed by atoms with Crippen LogP contribution in [0.4, 0.5) is 5.69 Å². The zero-order valence-corrected chi connectivity index (χ0v) is 7.92. The Bertz CT molecular complexity index is 382. The van der Waals surface area contributed by atoms with Gasteiger partial charge in [-0.15, -0.1) is 11.3 Å². The number of para-hydroxylation sites is 1. The third kappa shape index (κ3) is 1.87. The number of benzene rings is 1. The summed E-state index contributed by atoms with van der Waals surface area (Å²) in [5.74, 6) is 0. The normalized spacial score (nSPS) is 10.2. The fourth-order valence-corrected chi connectivity index (χ4v) is 1.84. The molecule has 3 heteroatoms. The number of rotatable bonds is 2. The molecule has 1 heterocycles. The van der Waals surface area contributed by atoms with Crippen molar-refractivity contribution in [2.75, 3.05) is 5.73 Å². The molecule has 13 heavy (non-hydrogen) atoms. The number of thiazole rings is 1. The Morgan fingerprint density at radius 3 is 2.85 bits per heavy atom. The van der Waals surface area contributed by atoms with Gasteiger partial charge in [-0.2, -0.15) is 0 Å². The van der Waals surface area contributed by atoms with Crippen molar-refractivity contribution in [3.05, 3.63) is 46.4 Å². The van der Waals surface area contributed by atoms with E-state index in [1.807, 2.05) is 35.8 Å². The Kier molecular flexibility index (Phi) is 2.27. The van der Waals surface area contributed by atoms with Gasteiger partial charge in [0.2, 0.25) is 0 Å². The molecule has 0 aliphatic rings. The average molecular weight is 190 g/mol. The predicted molar refractivity (Wildman–Crippen MR) is 55.8 cm³/mol. The van der Waals surface area contributed by atoms with E-state index in [9.17, 15) is 0 Å². The summed E-state index contributed by atoms with van der Waals surface area (Å²) in [5, 5.41) is 3.09. The Hall–Kier alpha value is -1.35. The highest BCUT2D eigenvalue weighted by Gasteiger charge is 2.00. The molecule has 2 nitrogen and oxygen atoms in total. The van der Waals surface area contributed by atoms with Crippen LogP contribution in [0.3, 0.4) is 0 Å². The molecule has 0 amide bonds. The molecule has 0 atom stereocenters. The second-order valence-electron chi connectivity index (χ2n) is 2.80. The largest absolute Gasteiger partial charge is 0.398 e. The lowest BCUT2D eigenvalue weighted by atomic mass is 10.1. The van der Waals surface area contributed by atoms with E-state index in [2.05, 4.69) is 4.98 Å². The summed E-state index contributed by atoms with van der Waals surface area (Å²) in [7, 11) is 0. The number of nitrogens with zero attached hydrogens (tertiary/aromatic N) is 1. The molecule has 0 spiro atoms. The molecule has 2 aromatic rings. The van der Waals surface area contributed by atoms with E-state index in [1.165, 1.54) is 0 Å². The summed E-state index contributed by atoms with van der Waals surface area (Å²) in [6.45, 7) is 0. The van der Waals surface area contributed by atoms with Crippen LogP contribution in [-0.4, -0.2) is 4.98 Å². The maximum absolute atomic E-state index is 5.81. The van der Waals surface area contributed by atoms with Crippen molar-refractivity contribution in [3.63, 3.8) is 0 Å². The van der Waals surface area contributed by atoms with Gasteiger partial charge in [-0.3, -0.25) is 0 Å². The summed E-state index contributed by atoms with van der Waals surface area (Å²) in [6.07, 6.45) is 2.66. The van der Waals surface area contributed by atoms with Crippen LogP contribution in [0.5, 0.6) is 0 Å². The van der Waals surface area contributed by atoms with Gasteiger partial charge in [-0.1, -0.05) is 18.2 Å². The molecule has 0 unspecified atom stereocenters. The number of nitrogens with two attached hydrogens (primary N) is 1. The monoisotopic (exact) mass is 190 g/mol. The highest BCUT2D eigenvalue weighted by molar-refractivity contribution is 7.09.